The molecule has 5 heteroatoms. The molecule has 2 atom stereocenters. The molecular weight excluding hydrogens is 190 g/mol. The van der Waals surface area contributed by atoms with Crippen LogP contribution in [-0.2, 0) is 14.8 Å². The first-order valence-corrected chi connectivity index (χ1v) is 6.20. The van der Waals surface area contributed by atoms with Crippen LogP contribution in [0.2, 0.25) is 0 Å². The Morgan fingerprint density at radius 1 is 1.31 bits per heavy atom. The predicted molar refractivity (Wildman–Crippen MR) is 51.0 cm³/mol. The molecule has 0 saturated carbocycles. The highest BCUT2D eigenvalue weighted by molar-refractivity contribution is 7.89. The fraction of sp³-hybridized carbons (Fsp3) is 1.00. The van der Waals surface area contributed by atoms with Gasteiger partial charge in [0.05, 0.1) is 18.0 Å². The van der Waals surface area contributed by atoms with Crippen molar-refractivity contribution in [1.29, 1.82) is 0 Å². The van der Waals surface area contributed by atoms with Crippen LogP contribution < -0.4 is 0 Å². The summed E-state index contributed by atoms with van der Waals surface area (Å²) in [5.74, 6) is 0.173. The number of sulfonamides is 1. The van der Waals surface area contributed by atoms with Crippen molar-refractivity contribution in [2.24, 2.45) is 0 Å². The molecule has 2 unspecified atom stereocenters. The van der Waals surface area contributed by atoms with Crippen LogP contribution in [0.15, 0.2) is 0 Å². The first-order chi connectivity index (χ1) is 5.95. The van der Waals surface area contributed by atoms with E-state index in [-0.39, 0.29) is 18.0 Å². The van der Waals surface area contributed by atoms with E-state index >= 15 is 0 Å². The Morgan fingerprint density at radius 2 is 1.77 bits per heavy atom. The summed E-state index contributed by atoms with van der Waals surface area (Å²) < 4.78 is 30.0. The topological polar surface area (TPSA) is 46.6 Å². The molecule has 0 aliphatic carbocycles. The quantitative estimate of drug-likeness (QED) is 0.660. The molecule has 0 radical (unpaired) electrons. The zero-order chi connectivity index (χ0) is 10.1. The zero-order valence-electron chi connectivity index (χ0n) is 8.36. The monoisotopic (exact) mass is 207 g/mol. The second-order valence-corrected chi connectivity index (χ2v) is 5.73. The van der Waals surface area contributed by atoms with Gasteiger partial charge in [0.25, 0.3) is 0 Å². The largest absolute Gasteiger partial charge is 0.373 e. The third-order valence-electron chi connectivity index (χ3n) is 2.14. The minimum atomic E-state index is -3.03. The van der Waals surface area contributed by atoms with Crippen LogP contribution in [0.5, 0.6) is 0 Å². The van der Waals surface area contributed by atoms with Crippen molar-refractivity contribution in [2.45, 2.75) is 33.0 Å². The van der Waals surface area contributed by atoms with Gasteiger partial charge in [-0.1, -0.05) is 0 Å². The van der Waals surface area contributed by atoms with Crippen LogP contribution in [0.4, 0.5) is 0 Å². The molecule has 1 rings (SSSR count). The molecule has 78 valence electrons. The molecular formula is C8H17NO3S. The van der Waals surface area contributed by atoms with E-state index in [1.54, 1.807) is 6.92 Å². The van der Waals surface area contributed by atoms with Gasteiger partial charge < -0.3 is 4.74 Å². The van der Waals surface area contributed by atoms with E-state index in [0.29, 0.717) is 13.1 Å². The lowest BCUT2D eigenvalue weighted by molar-refractivity contribution is -0.0440. The molecule has 1 aliphatic rings. The van der Waals surface area contributed by atoms with E-state index in [4.69, 9.17) is 4.74 Å². The van der Waals surface area contributed by atoms with Gasteiger partial charge >= 0.3 is 0 Å². The van der Waals surface area contributed by atoms with E-state index in [9.17, 15) is 8.42 Å². The number of morpholine rings is 1. The number of nitrogens with zero attached hydrogens (tertiary/aromatic N) is 1. The van der Waals surface area contributed by atoms with Crippen LogP contribution in [0.1, 0.15) is 20.8 Å². The molecule has 0 aromatic heterocycles. The van der Waals surface area contributed by atoms with Gasteiger partial charge in [-0.2, -0.15) is 4.31 Å². The number of hydrogen-bond donors (Lipinski definition) is 0. The molecule has 0 aromatic rings. The zero-order valence-corrected chi connectivity index (χ0v) is 9.17. The summed E-state index contributed by atoms with van der Waals surface area (Å²) in [7, 11) is -3.03. The minimum Gasteiger partial charge on any atom is -0.373 e. The highest BCUT2D eigenvalue weighted by Crippen LogP contribution is 2.14. The van der Waals surface area contributed by atoms with E-state index in [0.717, 1.165) is 0 Å². The van der Waals surface area contributed by atoms with Gasteiger partial charge in [0.2, 0.25) is 10.0 Å². The highest BCUT2D eigenvalue weighted by atomic mass is 32.2. The molecule has 1 heterocycles. The SMILES string of the molecule is CCS(=O)(=O)N1CC(C)OC(C)C1. The third kappa shape index (κ3) is 2.65. The summed E-state index contributed by atoms with van der Waals surface area (Å²) in [4.78, 5) is 0. The van der Waals surface area contributed by atoms with Gasteiger partial charge in [0.1, 0.15) is 0 Å². The fourth-order valence-corrected chi connectivity index (χ4v) is 2.78. The Balaban J connectivity index is 2.71. The van der Waals surface area contributed by atoms with Gasteiger partial charge in [-0.25, -0.2) is 8.42 Å². The van der Waals surface area contributed by atoms with Crippen molar-refractivity contribution in [3.8, 4) is 0 Å². The third-order valence-corrected chi connectivity index (χ3v) is 3.96. The van der Waals surface area contributed by atoms with Crippen LogP contribution in [0.3, 0.4) is 0 Å². The first kappa shape index (κ1) is 10.9. The van der Waals surface area contributed by atoms with Gasteiger partial charge in [-0.05, 0) is 20.8 Å². The number of rotatable bonds is 2. The van der Waals surface area contributed by atoms with Gasteiger partial charge in [-0.3, -0.25) is 0 Å². The normalized spacial score (nSPS) is 31.9. The van der Waals surface area contributed by atoms with Crippen molar-refractivity contribution in [2.75, 3.05) is 18.8 Å². The number of hydrogen-bond acceptors (Lipinski definition) is 3. The summed E-state index contributed by atoms with van der Waals surface area (Å²) in [5, 5.41) is 0. The van der Waals surface area contributed by atoms with Gasteiger partial charge in [0.15, 0.2) is 0 Å². The van der Waals surface area contributed by atoms with Crippen LogP contribution >= 0.6 is 0 Å². The van der Waals surface area contributed by atoms with Crippen molar-refractivity contribution in [3.63, 3.8) is 0 Å². The first-order valence-electron chi connectivity index (χ1n) is 4.59. The van der Waals surface area contributed by atoms with Crippen molar-refractivity contribution >= 4 is 10.0 Å². The minimum absolute atomic E-state index is 0.00470. The number of ether oxygens (including phenoxy) is 1. The molecule has 0 aromatic carbocycles. The summed E-state index contributed by atoms with van der Waals surface area (Å²) in [6.45, 7) is 6.43. The smallest absolute Gasteiger partial charge is 0.214 e. The Morgan fingerprint density at radius 3 is 2.15 bits per heavy atom. The van der Waals surface area contributed by atoms with Crippen molar-refractivity contribution < 1.29 is 13.2 Å². The van der Waals surface area contributed by atoms with E-state index in [1.165, 1.54) is 4.31 Å². The Kier molecular flexibility index (Phi) is 3.32. The van der Waals surface area contributed by atoms with Gasteiger partial charge in [-0.15, -0.1) is 0 Å². The second kappa shape index (κ2) is 3.94. The molecule has 4 nitrogen and oxygen atoms in total. The lowest BCUT2D eigenvalue weighted by Crippen LogP contribution is -2.48. The molecule has 0 spiro atoms. The molecule has 13 heavy (non-hydrogen) atoms. The van der Waals surface area contributed by atoms with Crippen LogP contribution in [0, 0.1) is 0 Å². The second-order valence-electron chi connectivity index (χ2n) is 3.47. The average molecular weight is 207 g/mol. The summed E-state index contributed by atoms with van der Waals surface area (Å²) in [5.41, 5.74) is 0. The maximum absolute atomic E-state index is 11.5. The average Bonchev–Trinajstić information content (AvgIpc) is 2.02. The predicted octanol–water partition coefficient (Wildman–Crippen LogP) is 0.445. The van der Waals surface area contributed by atoms with Crippen LogP contribution in [0.25, 0.3) is 0 Å². The molecule has 0 amide bonds. The molecule has 1 saturated heterocycles. The Labute approximate surface area is 79.9 Å². The maximum atomic E-state index is 11.5. The van der Waals surface area contributed by atoms with Crippen molar-refractivity contribution in [3.05, 3.63) is 0 Å². The van der Waals surface area contributed by atoms with Crippen LogP contribution in [-0.4, -0.2) is 43.8 Å². The standard InChI is InChI=1S/C8H17NO3S/c1-4-13(10,11)9-5-7(2)12-8(3)6-9/h7-8H,4-6H2,1-3H3. The van der Waals surface area contributed by atoms with Crippen molar-refractivity contribution in [1.82, 2.24) is 4.31 Å². The Hall–Kier alpha value is -0.130. The Bertz CT molecular complexity index is 253. The molecule has 0 bridgehead atoms. The summed E-state index contributed by atoms with van der Waals surface area (Å²) in [6.07, 6.45) is 0.00940. The lowest BCUT2D eigenvalue weighted by Gasteiger charge is -2.34. The molecule has 0 N–H and O–H groups in total. The van der Waals surface area contributed by atoms with Gasteiger partial charge in [0, 0.05) is 13.1 Å². The summed E-state index contributed by atoms with van der Waals surface area (Å²) >= 11 is 0. The summed E-state index contributed by atoms with van der Waals surface area (Å²) in [6, 6.07) is 0. The fourth-order valence-electron chi connectivity index (χ4n) is 1.54. The lowest BCUT2D eigenvalue weighted by atomic mass is 10.3. The van der Waals surface area contributed by atoms with E-state index in [2.05, 4.69) is 0 Å². The molecule has 1 fully saturated rings. The van der Waals surface area contributed by atoms with E-state index < -0.39 is 10.0 Å². The maximum Gasteiger partial charge on any atom is 0.214 e. The molecule has 1 aliphatic heterocycles. The highest BCUT2D eigenvalue weighted by Gasteiger charge is 2.29. The van der Waals surface area contributed by atoms with E-state index in [1.807, 2.05) is 13.8 Å².